The van der Waals surface area contributed by atoms with Crippen LogP contribution in [0.3, 0.4) is 0 Å². The summed E-state index contributed by atoms with van der Waals surface area (Å²) in [7, 11) is 0. The van der Waals surface area contributed by atoms with Crippen LogP contribution < -0.4 is 11.1 Å². The number of esters is 3. The van der Waals surface area contributed by atoms with E-state index in [4.69, 9.17) is 24.7 Å². The second kappa shape index (κ2) is 10.8. The SMILES string of the molecule is CC(=O)OCC(OC(C)=O)C(OC(C)=O)[C@@H]1OC(C(=O)O)=C[C@H](N)[C@H]1NC(=O)C(F)(F)F. The van der Waals surface area contributed by atoms with Crippen LogP contribution in [-0.4, -0.2) is 78.1 Å². The summed E-state index contributed by atoms with van der Waals surface area (Å²) in [6, 6.07) is -3.36. The number of halogens is 3. The fourth-order valence-electron chi connectivity index (χ4n) is 2.72. The van der Waals surface area contributed by atoms with Crippen LogP contribution in [0.15, 0.2) is 11.8 Å². The lowest BCUT2D eigenvalue weighted by Crippen LogP contribution is -2.64. The van der Waals surface area contributed by atoms with E-state index in [0.717, 1.165) is 26.8 Å². The summed E-state index contributed by atoms with van der Waals surface area (Å²) in [6.07, 6.45) is -10.0. The maximum atomic E-state index is 12.8. The van der Waals surface area contributed by atoms with E-state index in [-0.39, 0.29) is 0 Å². The highest BCUT2D eigenvalue weighted by Gasteiger charge is 2.49. The van der Waals surface area contributed by atoms with Crippen molar-refractivity contribution in [3.8, 4) is 0 Å². The fraction of sp³-hybridized carbons (Fsp3) is 0.588. The number of rotatable bonds is 8. The molecule has 0 bridgehead atoms. The number of carbonyl (C=O) groups excluding carboxylic acids is 4. The van der Waals surface area contributed by atoms with Gasteiger partial charge in [-0.05, 0) is 6.08 Å². The van der Waals surface area contributed by atoms with Gasteiger partial charge in [0, 0.05) is 20.8 Å². The van der Waals surface area contributed by atoms with Gasteiger partial charge in [0.1, 0.15) is 6.61 Å². The molecular weight excluding hydrogens is 449 g/mol. The van der Waals surface area contributed by atoms with Crippen molar-refractivity contribution in [1.82, 2.24) is 5.32 Å². The standard InChI is InChI=1S/C17H21F3N2O10/c1-6(23)29-5-11(30-7(2)24)13(31-8(3)25)14-12(22-16(28)17(18,19)20)9(21)4-10(32-14)15(26)27/h4,9,11-14H,5,21H2,1-3H3,(H,22,28)(H,26,27)/t9-,11?,12+,13?,14+/m0/s1. The first kappa shape index (κ1) is 26.7. The molecule has 12 nitrogen and oxygen atoms in total. The zero-order chi connectivity index (χ0) is 24.8. The molecule has 0 saturated carbocycles. The van der Waals surface area contributed by atoms with Gasteiger partial charge in [0.25, 0.3) is 0 Å². The minimum atomic E-state index is -5.34. The molecule has 0 saturated heterocycles. The van der Waals surface area contributed by atoms with Crippen LogP contribution in [0, 0.1) is 0 Å². The van der Waals surface area contributed by atoms with Crippen LogP contribution >= 0.6 is 0 Å². The molecular formula is C17H21F3N2O10. The number of carboxylic acid groups (broad SMARTS) is 1. The van der Waals surface area contributed by atoms with E-state index in [2.05, 4.69) is 0 Å². The van der Waals surface area contributed by atoms with E-state index < -0.39 is 78.7 Å². The molecule has 32 heavy (non-hydrogen) atoms. The van der Waals surface area contributed by atoms with Crippen molar-refractivity contribution in [3.63, 3.8) is 0 Å². The molecule has 0 fully saturated rings. The van der Waals surface area contributed by atoms with Gasteiger partial charge in [-0.25, -0.2) is 4.79 Å². The summed E-state index contributed by atoms with van der Waals surface area (Å²) in [6.45, 7) is 2.08. The van der Waals surface area contributed by atoms with Crippen LogP contribution in [-0.2, 0) is 42.9 Å². The van der Waals surface area contributed by atoms with Crippen molar-refractivity contribution >= 4 is 29.8 Å². The number of hydrogen-bond acceptors (Lipinski definition) is 10. The maximum Gasteiger partial charge on any atom is 0.471 e. The molecule has 15 heteroatoms. The Hall–Kier alpha value is -3.36. The summed E-state index contributed by atoms with van der Waals surface area (Å²) in [4.78, 5) is 57.2. The quantitative estimate of drug-likeness (QED) is 0.297. The second-order valence-corrected chi connectivity index (χ2v) is 6.52. The number of carboxylic acids is 1. The molecule has 0 spiro atoms. The normalized spacial score (nSPS) is 22.3. The lowest BCUT2D eigenvalue weighted by molar-refractivity contribution is -0.190. The highest BCUT2D eigenvalue weighted by Crippen LogP contribution is 2.27. The Morgan fingerprint density at radius 1 is 1.12 bits per heavy atom. The number of hydrogen-bond donors (Lipinski definition) is 3. The predicted molar refractivity (Wildman–Crippen MR) is 94.3 cm³/mol. The van der Waals surface area contributed by atoms with Gasteiger partial charge in [0.2, 0.25) is 5.76 Å². The number of nitrogens with two attached hydrogens (primary N) is 1. The van der Waals surface area contributed by atoms with E-state index in [1.54, 1.807) is 5.32 Å². The molecule has 1 aliphatic rings. The Morgan fingerprint density at radius 2 is 1.69 bits per heavy atom. The number of carbonyl (C=O) groups is 5. The highest BCUT2D eigenvalue weighted by atomic mass is 19.4. The average Bonchev–Trinajstić information content (AvgIpc) is 2.63. The van der Waals surface area contributed by atoms with Gasteiger partial charge in [0.15, 0.2) is 18.3 Å². The summed E-state index contributed by atoms with van der Waals surface area (Å²) in [5.74, 6) is -7.80. The van der Waals surface area contributed by atoms with Crippen LogP contribution in [0.1, 0.15) is 20.8 Å². The van der Waals surface area contributed by atoms with Gasteiger partial charge in [-0.15, -0.1) is 0 Å². The molecule has 2 unspecified atom stereocenters. The smallest absolute Gasteiger partial charge is 0.471 e. The molecule has 0 aromatic heterocycles. The van der Waals surface area contributed by atoms with Crippen molar-refractivity contribution in [2.45, 2.75) is 57.3 Å². The summed E-state index contributed by atoms with van der Waals surface area (Å²) in [5.41, 5.74) is 5.75. The Balaban J connectivity index is 3.48. The molecule has 180 valence electrons. The topological polar surface area (TPSA) is 181 Å². The lowest BCUT2D eigenvalue weighted by Gasteiger charge is -2.40. The third kappa shape index (κ3) is 7.72. The van der Waals surface area contributed by atoms with E-state index in [0.29, 0.717) is 0 Å². The van der Waals surface area contributed by atoms with Crippen LogP contribution in [0.4, 0.5) is 13.2 Å². The van der Waals surface area contributed by atoms with Crippen molar-refractivity contribution in [2.24, 2.45) is 5.73 Å². The molecule has 1 rings (SSSR count). The average molecular weight is 470 g/mol. The first-order valence-corrected chi connectivity index (χ1v) is 8.86. The first-order valence-electron chi connectivity index (χ1n) is 8.86. The third-order valence-electron chi connectivity index (χ3n) is 3.90. The predicted octanol–water partition coefficient (Wildman–Crippen LogP) is -0.845. The van der Waals surface area contributed by atoms with Crippen LogP contribution in [0.5, 0.6) is 0 Å². The first-order chi connectivity index (χ1) is 14.6. The van der Waals surface area contributed by atoms with Crippen molar-refractivity contribution in [3.05, 3.63) is 11.8 Å². The number of ether oxygens (including phenoxy) is 4. The zero-order valence-electron chi connectivity index (χ0n) is 17.0. The highest BCUT2D eigenvalue weighted by molar-refractivity contribution is 5.85. The second-order valence-electron chi connectivity index (χ2n) is 6.52. The third-order valence-corrected chi connectivity index (χ3v) is 3.90. The Morgan fingerprint density at radius 3 is 2.12 bits per heavy atom. The summed E-state index contributed by atoms with van der Waals surface area (Å²) in [5, 5.41) is 10.8. The zero-order valence-corrected chi connectivity index (χ0v) is 17.0. The number of alkyl halides is 3. The van der Waals surface area contributed by atoms with Crippen molar-refractivity contribution in [1.29, 1.82) is 0 Å². The molecule has 1 amide bonds. The minimum Gasteiger partial charge on any atom is -0.477 e. The van der Waals surface area contributed by atoms with Crippen molar-refractivity contribution < 1.29 is 61.2 Å². The number of nitrogens with one attached hydrogen (secondary N) is 1. The summed E-state index contributed by atoms with van der Waals surface area (Å²) < 4.78 is 58.3. The molecule has 0 aromatic carbocycles. The van der Waals surface area contributed by atoms with Crippen LogP contribution in [0.25, 0.3) is 0 Å². The molecule has 4 N–H and O–H groups in total. The molecule has 1 aliphatic heterocycles. The van der Waals surface area contributed by atoms with Gasteiger partial charge < -0.3 is 35.1 Å². The number of aliphatic carboxylic acids is 1. The largest absolute Gasteiger partial charge is 0.477 e. The molecule has 5 atom stereocenters. The van der Waals surface area contributed by atoms with Crippen molar-refractivity contribution in [2.75, 3.05) is 6.61 Å². The Labute approximate surface area is 178 Å². The van der Waals surface area contributed by atoms with Gasteiger partial charge in [-0.3, -0.25) is 19.2 Å². The lowest BCUT2D eigenvalue weighted by atomic mass is 9.92. The minimum absolute atomic E-state index is 0.734. The van der Waals surface area contributed by atoms with E-state index in [9.17, 15) is 42.3 Å². The van der Waals surface area contributed by atoms with Crippen LogP contribution in [0.2, 0.25) is 0 Å². The molecule has 0 radical (unpaired) electrons. The Kier molecular flexibility index (Phi) is 8.99. The van der Waals surface area contributed by atoms with E-state index in [1.807, 2.05) is 0 Å². The van der Waals surface area contributed by atoms with Gasteiger partial charge in [0.05, 0.1) is 12.1 Å². The van der Waals surface area contributed by atoms with Gasteiger partial charge in [-0.2, -0.15) is 13.2 Å². The molecule has 0 aliphatic carbocycles. The van der Waals surface area contributed by atoms with E-state index in [1.165, 1.54) is 0 Å². The monoisotopic (exact) mass is 470 g/mol. The Bertz CT molecular complexity index is 798. The van der Waals surface area contributed by atoms with Gasteiger partial charge >= 0.3 is 36.0 Å². The maximum absolute atomic E-state index is 12.8. The molecule has 1 heterocycles. The summed E-state index contributed by atoms with van der Waals surface area (Å²) >= 11 is 0. The van der Waals surface area contributed by atoms with E-state index >= 15 is 0 Å². The number of amides is 1. The van der Waals surface area contributed by atoms with Gasteiger partial charge in [-0.1, -0.05) is 0 Å². The molecule has 0 aromatic rings. The fourth-order valence-corrected chi connectivity index (χ4v) is 2.72.